The van der Waals surface area contributed by atoms with Crippen molar-refractivity contribution in [1.29, 1.82) is 0 Å². The van der Waals surface area contributed by atoms with Gasteiger partial charge < -0.3 is 15.0 Å². The molecule has 5 nitrogen and oxygen atoms in total. The summed E-state index contributed by atoms with van der Waals surface area (Å²) >= 11 is 0. The fraction of sp³-hybridized carbons (Fsp3) is 0.478. The van der Waals surface area contributed by atoms with E-state index in [1.54, 1.807) is 6.20 Å². The summed E-state index contributed by atoms with van der Waals surface area (Å²) in [6, 6.07) is 12.1. The maximum Gasteiger partial charge on any atom is 0.251 e. The van der Waals surface area contributed by atoms with E-state index < -0.39 is 0 Å². The van der Waals surface area contributed by atoms with E-state index in [9.17, 15) is 4.79 Å². The number of benzene rings is 1. The molecule has 1 aliphatic carbocycles. The van der Waals surface area contributed by atoms with E-state index in [0.717, 1.165) is 43.2 Å². The van der Waals surface area contributed by atoms with Crippen LogP contribution >= 0.6 is 0 Å². The maximum absolute atomic E-state index is 12.6. The number of anilines is 1. The molecule has 1 aromatic carbocycles. The Morgan fingerprint density at radius 2 is 1.82 bits per heavy atom. The normalized spacial score (nSPS) is 18.1. The van der Waals surface area contributed by atoms with E-state index in [4.69, 9.17) is 4.74 Å². The van der Waals surface area contributed by atoms with Crippen LogP contribution in [0.3, 0.4) is 0 Å². The molecule has 2 fully saturated rings. The number of rotatable bonds is 5. The van der Waals surface area contributed by atoms with Gasteiger partial charge in [-0.3, -0.25) is 4.79 Å². The molecule has 1 amide bonds. The number of carbonyl (C=O) groups is 1. The van der Waals surface area contributed by atoms with Crippen LogP contribution in [-0.2, 0) is 11.3 Å². The van der Waals surface area contributed by atoms with Crippen molar-refractivity contribution >= 4 is 11.7 Å². The van der Waals surface area contributed by atoms with Crippen LogP contribution in [0.25, 0.3) is 0 Å². The average Bonchev–Trinajstić information content (AvgIpc) is 2.79. The summed E-state index contributed by atoms with van der Waals surface area (Å²) in [6.45, 7) is 3.58. The number of pyridine rings is 1. The Balaban J connectivity index is 1.38. The standard InChI is InChI=1S/C23H29N3O2/c27-23(20-10-8-19(9-11-20)18-5-2-1-3-6-18)25-17-21-7-4-12-24-22(21)26-13-15-28-16-14-26/h4,7-12,18H,1-3,5-6,13-17H2,(H,25,27). The molecule has 4 rings (SSSR count). The monoisotopic (exact) mass is 379 g/mol. The van der Waals surface area contributed by atoms with Crippen molar-refractivity contribution < 1.29 is 9.53 Å². The second-order valence-electron chi connectivity index (χ2n) is 7.73. The zero-order valence-electron chi connectivity index (χ0n) is 16.4. The van der Waals surface area contributed by atoms with Crippen LogP contribution in [-0.4, -0.2) is 37.2 Å². The van der Waals surface area contributed by atoms with Crippen LogP contribution in [0, 0.1) is 0 Å². The lowest BCUT2D eigenvalue weighted by molar-refractivity contribution is 0.0950. The molecule has 1 aromatic heterocycles. The number of hydrogen-bond donors (Lipinski definition) is 1. The van der Waals surface area contributed by atoms with Gasteiger partial charge in [-0.25, -0.2) is 4.98 Å². The molecule has 0 bridgehead atoms. The minimum atomic E-state index is -0.0352. The fourth-order valence-corrected chi connectivity index (χ4v) is 4.25. The van der Waals surface area contributed by atoms with Gasteiger partial charge in [0, 0.05) is 37.0 Å². The molecule has 1 saturated heterocycles. The zero-order chi connectivity index (χ0) is 19.2. The van der Waals surface area contributed by atoms with Crippen molar-refractivity contribution in [2.75, 3.05) is 31.2 Å². The highest BCUT2D eigenvalue weighted by Gasteiger charge is 2.18. The van der Waals surface area contributed by atoms with Gasteiger partial charge in [0.2, 0.25) is 0 Å². The van der Waals surface area contributed by atoms with Gasteiger partial charge in [0.25, 0.3) is 5.91 Å². The van der Waals surface area contributed by atoms with Gasteiger partial charge in [0.05, 0.1) is 13.2 Å². The van der Waals surface area contributed by atoms with Crippen molar-refractivity contribution in [1.82, 2.24) is 10.3 Å². The molecule has 1 N–H and O–H groups in total. The summed E-state index contributed by atoms with van der Waals surface area (Å²) in [5.41, 5.74) is 3.13. The predicted octanol–water partition coefficient (Wildman–Crippen LogP) is 3.90. The van der Waals surface area contributed by atoms with Gasteiger partial charge in [-0.05, 0) is 42.5 Å². The van der Waals surface area contributed by atoms with Gasteiger partial charge in [-0.2, -0.15) is 0 Å². The number of aromatic nitrogens is 1. The Kier molecular flexibility index (Phi) is 6.22. The van der Waals surface area contributed by atoms with Crippen LogP contribution in [0.15, 0.2) is 42.6 Å². The third-order valence-electron chi connectivity index (χ3n) is 5.87. The molecule has 0 radical (unpaired) electrons. The van der Waals surface area contributed by atoms with Crippen molar-refractivity contribution in [2.24, 2.45) is 0 Å². The summed E-state index contributed by atoms with van der Waals surface area (Å²) in [5.74, 6) is 1.57. The molecule has 1 aliphatic heterocycles. The lowest BCUT2D eigenvalue weighted by Gasteiger charge is -2.29. The summed E-state index contributed by atoms with van der Waals surface area (Å²) in [5, 5.41) is 3.06. The Labute approximate surface area is 167 Å². The van der Waals surface area contributed by atoms with Gasteiger partial charge in [-0.1, -0.05) is 37.5 Å². The zero-order valence-corrected chi connectivity index (χ0v) is 16.4. The van der Waals surface area contributed by atoms with Crippen molar-refractivity contribution in [2.45, 2.75) is 44.6 Å². The highest BCUT2D eigenvalue weighted by atomic mass is 16.5. The fourth-order valence-electron chi connectivity index (χ4n) is 4.25. The number of amides is 1. The molecular weight excluding hydrogens is 350 g/mol. The molecule has 28 heavy (non-hydrogen) atoms. The van der Waals surface area contributed by atoms with Gasteiger partial charge in [-0.15, -0.1) is 0 Å². The van der Waals surface area contributed by atoms with Gasteiger partial charge in [0.15, 0.2) is 0 Å². The summed E-state index contributed by atoms with van der Waals surface area (Å²) in [7, 11) is 0. The number of nitrogens with one attached hydrogen (secondary N) is 1. The molecule has 2 aliphatic rings. The molecule has 0 spiro atoms. The Hall–Kier alpha value is -2.40. The third-order valence-corrected chi connectivity index (χ3v) is 5.87. The lowest BCUT2D eigenvalue weighted by Crippen LogP contribution is -2.37. The average molecular weight is 380 g/mol. The first-order valence-corrected chi connectivity index (χ1v) is 10.5. The van der Waals surface area contributed by atoms with E-state index >= 15 is 0 Å². The van der Waals surface area contributed by atoms with Crippen molar-refractivity contribution in [3.63, 3.8) is 0 Å². The first kappa shape index (κ1) is 18.9. The van der Waals surface area contributed by atoms with Crippen LogP contribution in [0.5, 0.6) is 0 Å². The van der Waals surface area contributed by atoms with E-state index in [1.165, 1.54) is 37.7 Å². The van der Waals surface area contributed by atoms with E-state index in [0.29, 0.717) is 12.5 Å². The SMILES string of the molecule is O=C(NCc1cccnc1N1CCOCC1)c1ccc(C2CCCCC2)cc1. The maximum atomic E-state index is 12.6. The summed E-state index contributed by atoms with van der Waals surface area (Å²) in [4.78, 5) is 19.4. The molecule has 2 aromatic rings. The smallest absolute Gasteiger partial charge is 0.251 e. The van der Waals surface area contributed by atoms with Crippen molar-refractivity contribution in [3.05, 3.63) is 59.3 Å². The largest absolute Gasteiger partial charge is 0.378 e. The predicted molar refractivity (Wildman–Crippen MR) is 111 cm³/mol. The number of nitrogens with zero attached hydrogens (tertiary/aromatic N) is 2. The minimum absolute atomic E-state index is 0.0352. The quantitative estimate of drug-likeness (QED) is 0.856. The molecule has 0 atom stereocenters. The van der Waals surface area contributed by atoms with Crippen molar-refractivity contribution in [3.8, 4) is 0 Å². The van der Waals surface area contributed by atoms with Gasteiger partial charge in [0.1, 0.15) is 5.82 Å². The van der Waals surface area contributed by atoms with Crippen LogP contribution in [0.4, 0.5) is 5.82 Å². The van der Waals surface area contributed by atoms with Crippen LogP contribution < -0.4 is 10.2 Å². The first-order chi connectivity index (χ1) is 13.8. The van der Waals surface area contributed by atoms with E-state index in [2.05, 4.69) is 27.3 Å². The molecule has 0 unspecified atom stereocenters. The number of hydrogen-bond acceptors (Lipinski definition) is 4. The van der Waals surface area contributed by atoms with Gasteiger partial charge >= 0.3 is 0 Å². The highest BCUT2D eigenvalue weighted by molar-refractivity contribution is 5.94. The minimum Gasteiger partial charge on any atom is -0.378 e. The first-order valence-electron chi connectivity index (χ1n) is 10.5. The lowest BCUT2D eigenvalue weighted by atomic mass is 9.84. The Morgan fingerprint density at radius 1 is 1.07 bits per heavy atom. The molecule has 5 heteroatoms. The number of ether oxygens (including phenoxy) is 1. The van der Waals surface area contributed by atoms with E-state index in [1.807, 2.05) is 24.3 Å². The number of carbonyl (C=O) groups excluding carboxylic acids is 1. The highest BCUT2D eigenvalue weighted by Crippen LogP contribution is 2.32. The Bertz CT molecular complexity index is 779. The summed E-state index contributed by atoms with van der Waals surface area (Å²) in [6.07, 6.45) is 8.36. The topological polar surface area (TPSA) is 54.5 Å². The molecule has 2 heterocycles. The molecular formula is C23H29N3O2. The third kappa shape index (κ3) is 4.53. The summed E-state index contributed by atoms with van der Waals surface area (Å²) < 4.78 is 5.43. The molecule has 1 saturated carbocycles. The second-order valence-corrected chi connectivity index (χ2v) is 7.73. The van der Waals surface area contributed by atoms with Crippen LogP contribution in [0.1, 0.15) is 59.5 Å². The Morgan fingerprint density at radius 3 is 2.57 bits per heavy atom. The number of morpholine rings is 1. The van der Waals surface area contributed by atoms with E-state index in [-0.39, 0.29) is 5.91 Å². The second kappa shape index (κ2) is 9.20. The molecule has 148 valence electrons. The van der Waals surface area contributed by atoms with Crippen LogP contribution in [0.2, 0.25) is 0 Å².